The second-order valence-corrected chi connectivity index (χ2v) is 3.44. The van der Waals surface area contributed by atoms with Gasteiger partial charge < -0.3 is 9.97 Å². The third kappa shape index (κ3) is 1.53. The number of pyridine rings is 1. The Morgan fingerprint density at radius 2 is 1.94 bits per heavy atom. The van der Waals surface area contributed by atoms with Crippen LogP contribution in [-0.2, 0) is 0 Å². The van der Waals surface area contributed by atoms with Crippen LogP contribution in [0.4, 0.5) is 0 Å². The molecule has 7 nitrogen and oxygen atoms in total. The maximum absolute atomic E-state index is 11.2. The van der Waals surface area contributed by atoms with E-state index < -0.39 is 11.1 Å². The number of rotatable bonds is 1. The zero-order valence-electron chi connectivity index (χ0n) is 8.54. The maximum Gasteiger partial charge on any atom is 0.315 e. The van der Waals surface area contributed by atoms with Crippen LogP contribution in [0.1, 0.15) is 0 Å². The zero-order chi connectivity index (χ0) is 11.8. The molecule has 0 amide bonds. The number of aromatic amines is 2. The van der Waals surface area contributed by atoms with Gasteiger partial charge in [0.25, 0.3) is 0 Å². The quantitative estimate of drug-likeness (QED) is 0.564. The van der Waals surface area contributed by atoms with Crippen molar-refractivity contribution >= 4 is 11.2 Å². The van der Waals surface area contributed by atoms with E-state index >= 15 is 0 Å². The topological polar surface area (TPSA) is 96.4 Å². The van der Waals surface area contributed by atoms with E-state index in [1.165, 1.54) is 0 Å². The summed E-state index contributed by atoms with van der Waals surface area (Å²) in [4.78, 5) is 35.3. The second kappa shape index (κ2) is 3.41. The largest absolute Gasteiger partial charge is 0.315 e. The Hall–Kier alpha value is -2.70. The number of nitrogens with one attached hydrogen (secondary N) is 2. The number of hydrogen-bond donors (Lipinski definition) is 2. The third-order valence-corrected chi connectivity index (χ3v) is 2.34. The van der Waals surface area contributed by atoms with Gasteiger partial charge in [-0.1, -0.05) is 0 Å². The summed E-state index contributed by atoms with van der Waals surface area (Å²) >= 11 is 0. The number of fused-ring (bicyclic) bond motifs is 1. The molecule has 0 radical (unpaired) electrons. The van der Waals surface area contributed by atoms with Crippen molar-refractivity contribution in [3.8, 4) is 5.82 Å². The molecule has 0 saturated heterocycles. The SMILES string of the molecule is O=c1[nH]c2ccc(-n3ccnc3)nc2[nH]c1=O. The standard InChI is InChI=1S/C10H7N5O2/c16-9-10(17)14-8-6(12-9)1-2-7(13-8)15-4-3-11-5-15/h1-5H,(H,12,16)(H,13,14,17). The molecule has 0 bridgehead atoms. The minimum absolute atomic E-state index is 0.334. The van der Waals surface area contributed by atoms with E-state index in [-0.39, 0.29) is 0 Å². The van der Waals surface area contributed by atoms with E-state index in [0.29, 0.717) is 17.0 Å². The average molecular weight is 229 g/mol. The second-order valence-electron chi connectivity index (χ2n) is 3.44. The Morgan fingerprint density at radius 1 is 1.12 bits per heavy atom. The van der Waals surface area contributed by atoms with Crippen molar-refractivity contribution in [3.63, 3.8) is 0 Å². The Bertz CT molecular complexity index is 784. The number of aromatic nitrogens is 5. The number of imidazole rings is 1. The van der Waals surface area contributed by atoms with E-state index in [9.17, 15) is 9.59 Å². The van der Waals surface area contributed by atoms with Crippen LogP contribution >= 0.6 is 0 Å². The van der Waals surface area contributed by atoms with Gasteiger partial charge in [-0.3, -0.25) is 14.2 Å². The lowest BCUT2D eigenvalue weighted by molar-refractivity contribution is 0.991. The van der Waals surface area contributed by atoms with Gasteiger partial charge in [0, 0.05) is 12.4 Å². The smallest absolute Gasteiger partial charge is 0.315 e. The molecular formula is C10H7N5O2. The summed E-state index contributed by atoms with van der Waals surface area (Å²) in [7, 11) is 0. The minimum atomic E-state index is -0.715. The van der Waals surface area contributed by atoms with Crippen molar-refractivity contribution < 1.29 is 0 Å². The zero-order valence-corrected chi connectivity index (χ0v) is 8.54. The highest BCUT2D eigenvalue weighted by molar-refractivity contribution is 5.70. The molecule has 2 N–H and O–H groups in total. The summed E-state index contributed by atoms with van der Waals surface area (Å²) in [6.07, 6.45) is 4.96. The van der Waals surface area contributed by atoms with Crippen molar-refractivity contribution in [2.75, 3.05) is 0 Å². The number of nitrogens with zero attached hydrogens (tertiary/aromatic N) is 3. The molecule has 0 aliphatic heterocycles. The molecule has 17 heavy (non-hydrogen) atoms. The fourth-order valence-electron chi connectivity index (χ4n) is 1.53. The van der Waals surface area contributed by atoms with Crippen molar-refractivity contribution in [1.29, 1.82) is 0 Å². The van der Waals surface area contributed by atoms with Crippen LogP contribution in [0.3, 0.4) is 0 Å². The van der Waals surface area contributed by atoms with E-state index in [0.717, 1.165) is 0 Å². The highest BCUT2D eigenvalue weighted by Gasteiger charge is 2.03. The lowest BCUT2D eigenvalue weighted by Crippen LogP contribution is -2.29. The molecule has 0 saturated carbocycles. The molecule has 0 aliphatic carbocycles. The fourth-order valence-corrected chi connectivity index (χ4v) is 1.53. The predicted octanol–water partition coefficient (Wildman–Crippen LogP) is -0.203. The molecule has 3 rings (SSSR count). The highest BCUT2D eigenvalue weighted by Crippen LogP contribution is 2.08. The normalized spacial score (nSPS) is 10.8. The summed E-state index contributed by atoms with van der Waals surface area (Å²) in [6, 6.07) is 3.40. The monoisotopic (exact) mass is 229 g/mol. The van der Waals surface area contributed by atoms with Crippen LogP contribution in [0.15, 0.2) is 40.4 Å². The first-order valence-electron chi connectivity index (χ1n) is 4.86. The molecule has 3 aromatic heterocycles. The van der Waals surface area contributed by atoms with E-state index in [1.54, 1.807) is 35.4 Å². The van der Waals surface area contributed by atoms with E-state index in [1.807, 2.05) is 0 Å². The molecule has 0 atom stereocenters. The van der Waals surface area contributed by atoms with E-state index in [2.05, 4.69) is 19.9 Å². The fraction of sp³-hybridized carbons (Fsp3) is 0. The molecule has 0 aliphatic rings. The van der Waals surface area contributed by atoms with Gasteiger partial charge >= 0.3 is 11.1 Å². The minimum Gasteiger partial charge on any atom is -0.315 e. The van der Waals surface area contributed by atoms with Crippen LogP contribution in [-0.4, -0.2) is 24.5 Å². The first kappa shape index (κ1) is 9.52. The van der Waals surface area contributed by atoms with Crippen LogP contribution < -0.4 is 11.1 Å². The lowest BCUT2D eigenvalue weighted by atomic mass is 10.4. The van der Waals surface area contributed by atoms with Gasteiger partial charge in [-0.2, -0.15) is 0 Å². The summed E-state index contributed by atoms with van der Waals surface area (Å²) in [5.74, 6) is 0.609. The summed E-state index contributed by atoms with van der Waals surface area (Å²) < 4.78 is 1.70. The van der Waals surface area contributed by atoms with Crippen LogP contribution in [0.5, 0.6) is 0 Å². The molecule has 0 aromatic carbocycles. The molecule has 84 valence electrons. The molecule has 0 spiro atoms. The van der Waals surface area contributed by atoms with Gasteiger partial charge in [-0.05, 0) is 12.1 Å². The average Bonchev–Trinajstić information content (AvgIpc) is 2.83. The Morgan fingerprint density at radius 3 is 2.71 bits per heavy atom. The van der Waals surface area contributed by atoms with Gasteiger partial charge in [0.05, 0.1) is 5.52 Å². The van der Waals surface area contributed by atoms with E-state index in [4.69, 9.17) is 0 Å². The summed E-state index contributed by atoms with van der Waals surface area (Å²) in [5, 5.41) is 0. The lowest BCUT2D eigenvalue weighted by Gasteiger charge is -2.02. The Balaban J connectivity index is 2.30. The van der Waals surface area contributed by atoms with Crippen LogP contribution in [0.25, 0.3) is 17.0 Å². The van der Waals surface area contributed by atoms with Crippen molar-refractivity contribution in [2.24, 2.45) is 0 Å². The maximum atomic E-state index is 11.2. The third-order valence-electron chi connectivity index (χ3n) is 2.34. The van der Waals surface area contributed by atoms with Crippen LogP contribution in [0.2, 0.25) is 0 Å². The van der Waals surface area contributed by atoms with Gasteiger partial charge in [-0.25, -0.2) is 9.97 Å². The molecule has 0 unspecified atom stereocenters. The van der Waals surface area contributed by atoms with Crippen molar-refractivity contribution in [3.05, 3.63) is 51.6 Å². The molecular weight excluding hydrogens is 222 g/mol. The van der Waals surface area contributed by atoms with Crippen molar-refractivity contribution in [2.45, 2.75) is 0 Å². The number of H-pyrrole nitrogens is 2. The van der Waals surface area contributed by atoms with Gasteiger partial charge in [-0.15, -0.1) is 0 Å². The first-order valence-corrected chi connectivity index (χ1v) is 4.86. The van der Waals surface area contributed by atoms with Gasteiger partial charge in [0.1, 0.15) is 12.1 Å². The molecule has 3 aromatic rings. The Labute approximate surface area is 93.8 Å². The first-order chi connectivity index (χ1) is 8.24. The highest BCUT2D eigenvalue weighted by atomic mass is 16.2. The Kier molecular flexibility index (Phi) is 1.91. The van der Waals surface area contributed by atoms with Crippen molar-refractivity contribution in [1.82, 2.24) is 24.5 Å². The predicted molar refractivity (Wildman–Crippen MR) is 60.1 cm³/mol. The summed E-state index contributed by atoms with van der Waals surface area (Å²) in [6.45, 7) is 0. The number of hydrogen-bond acceptors (Lipinski definition) is 4. The molecule has 7 heteroatoms. The van der Waals surface area contributed by atoms with Gasteiger partial charge in [0.15, 0.2) is 5.65 Å². The van der Waals surface area contributed by atoms with Crippen LogP contribution in [0, 0.1) is 0 Å². The molecule has 3 heterocycles. The molecule has 0 fully saturated rings. The summed E-state index contributed by atoms with van der Waals surface area (Å²) in [5.41, 5.74) is -0.582. The van der Waals surface area contributed by atoms with Gasteiger partial charge in [0.2, 0.25) is 0 Å².